The summed E-state index contributed by atoms with van der Waals surface area (Å²) >= 11 is 0. The number of anilines is 2. The predicted molar refractivity (Wildman–Crippen MR) is 135 cm³/mol. The minimum Gasteiger partial charge on any atom is -0.475 e. The molecular weight excluding hydrogens is 551 g/mol. The molecule has 0 bridgehead atoms. The molecule has 41 heavy (non-hydrogen) atoms. The van der Waals surface area contributed by atoms with E-state index >= 15 is 0 Å². The van der Waals surface area contributed by atoms with Gasteiger partial charge < -0.3 is 20.9 Å². The molecule has 1 aromatic heterocycles. The Morgan fingerprint density at radius 3 is 2.49 bits per heavy atom. The van der Waals surface area contributed by atoms with Crippen molar-refractivity contribution in [2.45, 2.75) is 37.8 Å². The number of hydrogen-bond acceptors (Lipinski definition) is 8. The van der Waals surface area contributed by atoms with E-state index in [0.717, 1.165) is 11.1 Å². The number of carbonyl (C=O) groups is 4. The van der Waals surface area contributed by atoms with Crippen LogP contribution in [-0.4, -0.2) is 69.2 Å². The van der Waals surface area contributed by atoms with E-state index in [9.17, 15) is 27.6 Å². The van der Waals surface area contributed by atoms with Crippen molar-refractivity contribution >= 4 is 35.3 Å². The molecule has 0 unspecified atom stereocenters. The van der Waals surface area contributed by atoms with Gasteiger partial charge in [-0.15, -0.1) is 5.10 Å². The Bertz CT molecular complexity index is 1420. The predicted octanol–water partition coefficient (Wildman–Crippen LogP) is 1.50. The molecule has 3 amide bonds. The van der Waals surface area contributed by atoms with Crippen LogP contribution in [0.3, 0.4) is 0 Å². The second-order valence-corrected chi connectivity index (χ2v) is 8.96. The highest BCUT2D eigenvalue weighted by Gasteiger charge is 2.45. The van der Waals surface area contributed by atoms with Crippen molar-refractivity contribution in [1.82, 2.24) is 20.7 Å². The number of carboxylic acids is 1. The summed E-state index contributed by atoms with van der Waals surface area (Å²) in [5, 5.41) is 20.0. The lowest BCUT2D eigenvalue weighted by Gasteiger charge is -2.25. The molecule has 0 aliphatic carbocycles. The van der Waals surface area contributed by atoms with Gasteiger partial charge in [-0.05, 0) is 17.2 Å². The maximum Gasteiger partial charge on any atom is 0.490 e. The smallest absolute Gasteiger partial charge is 0.475 e. The second-order valence-electron chi connectivity index (χ2n) is 8.96. The van der Waals surface area contributed by atoms with Crippen LogP contribution in [0.15, 0.2) is 54.7 Å². The normalized spacial score (nSPS) is 17.6. The van der Waals surface area contributed by atoms with Crippen LogP contribution >= 0.6 is 0 Å². The van der Waals surface area contributed by atoms with E-state index in [1.807, 2.05) is 36.4 Å². The molecule has 2 aromatic carbocycles. The number of hydrogen-bond donors (Lipinski definition) is 4. The van der Waals surface area contributed by atoms with E-state index in [1.165, 1.54) is 9.80 Å². The van der Waals surface area contributed by atoms with Crippen LogP contribution in [0.25, 0.3) is 0 Å². The number of alkyl halides is 3. The average molecular weight is 576 g/mol. The largest absolute Gasteiger partial charge is 0.490 e. The quantitative estimate of drug-likeness (QED) is 0.350. The number of nitrogens with two attached hydrogens (primary N) is 1. The summed E-state index contributed by atoms with van der Waals surface area (Å²) in [6, 6.07) is 12.9. The molecule has 0 spiro atoms. The van der Waals surface area contributed by atoms with E-state index < -0.39 is 36.2 Å². The number of carboxylic acid groups (broad SMARTS) is 1. The zero-order chi connectivity index (χ0) is 29.7. The number of ether oxygens (including phenoxy) is 1. The van der Waals surface area contributed by atoms with E-state index in [-0.39, 0.29) is 25.6 Å². The number of rotatable bonds is 5. The minimum atomic E-state index is -5.08. The maximum atomic E-state index is 13.3. The lowest BCUT2D eigenvalue weighted by Crippen LogP contribution is -2.54. The van der Waals surface area contributed by atoms with Crippen LogP contribution in [0.2, 0.25) is 0 Å². The Balaban J connectivity index is 0.000000493. The Kier molecular flexibility index (Phi) is 8.51. The van der Waals surface area contributed by atoms with Crippen molar-refractivity contribution in [2.75, 3.05) is 16.3 Å². The minimum absolute atomic E-state index is 0.0628. The molecule has 0 saturated heterocycles. The fraction of sp³-hybridized carbons (Fsp3) is 0.280. The van der Waals surface area contributed by atoms with Gasteiger partial charge in [0, 0.05) is 12.6 Å². The van der Waals surface area contributed by atoms with Crippen molar-refractivity contribution in [3.8, 4) is 0 Å². The van der Waals surface area contributed by atoms with Crippen LogP contribution in [0, 0.1) is 0 Å². The molecule has 2 atom stereocenters. The van der Waals surface area contributed by atoms with E-state index in [0.29, 0.717) is 23.5 Å². The van der Waals surface area contributed by atoms with Gasteiger partial charge in [-0.25, -0.2) is 9.59 Å². The average Bonchev–Trinajstić information content (AvgIpc) is 3.59. The number of aliphatic carboxylic acids is 1. The van der Waals surface area contributed by atoms with Gasteiger partial charge in [0.15, 0.2) is 0 Å². The summed E-state index contributed by atoms with van der Waals surface area (Å²) in [6.45, 7) is 0.193. The number of amides is 3. The molecular formula is C25H24F3N7O6. The van der Waals surface area contributed by atoms with Crippen molar-refractivity contribution in [3.63, 3.8) is 0 Å². The van der Waals surface area contributed by atoms with Crippen molar-refractivity contribution in [3.05, 3.63) is 71.5 Å². The van der Waals surface area contributed by atoms with Gasteiger partial charge in [0.2, 0.25) is 11.8 Å². The number of benzene rings is 2. The van der Waals surface area contributed by atoms with Gasteiger partial charge in [-0.2, -0.15) is 13.2 Å². The summed E-state index contributed by atoms with van der Waals surface area (Å²) in [6.07, 6.45) is -3.81. The number of aromatic amines is 1. The summed E-state index contributed by atoms with van der Waals surface area (Å²) in [7, 11) is 0. The molecule has 3 aromatic rings. The zero-order valence-corrected chi connectivity index (χ0v) is 21.2. The first-order chi connectivity index (χ1) is 19.5. The standard InChI is InChI=1S/C23H23N7O4.C2HF3O2/c24-17-12-29(23(33)34-13-14-5-2-1-3-6-14)18-8-4-7-15-9-19(30(20(15)18)22(17)32)21(31)25-10-16-11-26-28-27-16;3-2(4,5)1(6)7/h1-8,11,17,19H,9-10,12-13,24H2,(H,25,31)(H,26,27,28);(H,6,7)/t17-,19-;/m0./s1. The SMILES string of the molecule is N[C@H]1CN(C(=O)OCc2ccccc2)c2cccc3c2N(C1=O)[C@H](C(=O)NCc1c[nH]nn1)C3.O=C(O)C(F)(F)F. The second kappa shape index (κ2) is 12.0. The highest BCUT2D eigenvalue weighted by molar-refractivity contribution is 6.11. The van der Waals surface area contributed by atoms with Gasteiger partial charge in [0.25, 0.3) is 0 Å². The molecule has 3 heterocycles. The number of halogens is 3. The van der Waals surface area contributed by atoms with Gasteiger partial charge >= 0.3 is 18.2 Å². The Morgan fingerprint density at radius 2 is 1.85 bits per heavy atom. The van der Waals surface area contributed by atoms with Crippen molar-refractivity contribution in [1.29, 1.82) is 0 Å². The highest BCUT2D eigenvalue weighted by Crippen LogP contribution is 2.43. The van der Waals surface area contributed by atoms with Gasteiger partial charge in [-0.3, -0.25) is 24.5 Å². The monoisotopic (exact) mass is 575 g/mol. The summed E-state index contributed by atoms with van der Waals surface area (Å²) in [5.41, 5.74) is 9.39. The number of para-hydroxylation sites is 1. The number of aromatic nitrogens is 3. The first-order valence-electron chi connectivity index (χ1n) is 12.1. The number of carbonyl (C=O) groups excluding carboxylic acids is 3. The van der Waals surface area contributed by atoms with Gasteiger partial charge in [0.05, 0.1) is 24.5 Å². The van der Waals surface area contributed by atoms with Gasteiger partial charge in [-0.1, -0.05) is 47.7 Å². The molecule has 5 rings (SSSR count). The first kappa shape index (κ1) is 29.0. The summed E-state index contributed by atoms with van der Waals surface area (Å²) in [5.74, 6) is -3.52. The van der Waals surface area contributed by atoms with E-state index in [4.69, 9.17) is 20.4 Å². The third-order valence-corrected chi connectivity index (χ3v) is 6.17. The lowest BCUT2D eigenvalue weighted by molar-refractivity contribution is -0.192. The molecule has 0 fully saturated rings. The van der Waals surface area contributed by atoms with Crippen LogP contribution in [-0.2, 0) is 38.7 Å². The molecule has 216 valence electrons. The lowest BCUT2D eigenvalue weighted by atomic mass is 10.1. The van der Waals surface area contributed by atoms with Crippen LogP contribution in [0.1, 0.15) is 16.8 Å². The van der Waals surface area contributed by atoms with Crippen molar-refractivity contribution in [2.24, 2.45) is 5.73 Å². The number of nitrogens with one attached hydrogen (secondary N) is 2. The maximum absolute atomic E-state index is 13.3. The number of nitrogens with zero attached hydrogens (tertiary/aromatic N) is 4. The number of H-pyrrole nitrogens is 1. The molecule has 16 heteroatoms. The third-order valence-electron chi connectivity index (χ3n) is 6.17. The topological polar surface area (TPSA) is 184 Å². The molecule has 0 saturated carbocycles. The molecule has 2 aliphatic rings. The molecule has 2 aliphatic heterocycles. The zero-order valence-electron chi connectivity index (χ0n) is 21.2. The highest BCUT2D eigenvalue weighted by atomic mass is 19.4. The fourth-order valence-electron chi connectivity index (χ4n) is 4.30. The summed E-state index contributed by atoms with van der Waals surface area (Å²) < 4.78 is 37.3. The summed E-state index contributed by atoms with van der Waals surface area (Å²) in [4.78, 5) is 51.1. The molecule has 13 nitrogen and oxygen atoms in total. The fourth-order valence-corrected chi connectivity index (χ4v) is 4.30. The van der Waals surface area contributed by atoms with E-state index in [2.05, 4.69) is 20.7 Å². The Morgan fingerprint density at radius 1 is 1.15 bits per heavy atom. The molecule has 0 radical (unpaired) electrons. The Labute approximate surface area is 230 Å². The molecule has 5 N–H and O–H groups in total. The van der Waals surface area contributed by atoms with Gasteiger partial charge in [0.1, 0.15) is 24.4 Å². The van der Waals surface area contributed by atoms with E-state index in [1.54, 1.807) is 18.3 Å². The first-order valence-corrected chi connectivity index (χ1v) is 12.1. The van der Waals surface area contributed by atoms with Crippen molar-refractivity contribution < 1.29 is 42.2 Å². The Hall–Kier alpha value is -4.99. The van der Waals surface area contributed by atoms with Crippen LogP contribution in [0.5, 0.6) is 0 Å². The van der Waals surface area contributed by atoms with Crippen LogP contribution in [0.4, 0.5) is 29.3 Å². The van der Waals surface area contributed by atoms with Crippen LogP contribution < -0.4 is 20.9 Å². The third kappa shape index (κ3) is 6.60.